The Morgan fingerprint density at radius 1 is 1.35 bits per heavy atom. The first kappa shape index (κ1) is 22.1. The van der Waals surface area contributed by atoms with Crippen LogP contribution in [-0.2, 0) is 11.3 Å². The molecule has 1 aromatic rings. The number of aliphatic imine (C=N–C) groups is 1. The molecular formula is C15H28IN5OS. The molecule has 23 heavy (non-hydrogen) atoms. The van der Waals surface area contributed by atoms with Gasteiger partial charge in [-0.25, -0.2) is 9.98 Å². The average Bonchev–Trinajstić information content (AvgIpc) is 2.90. The van der Waals surface area contributed by atoms with Gasteiger partial charge in [-0.05, 0) is 27.7 Å². The number of likely N-dealkylation sites (N-methyl/N-ethyl adjacent to an activating group) is 2. The monoisotopic (exact) mass is 453 g/mol. The average molecular weight is 453 g/mol. The van der Waals surface area contributed by atoms with Crippen LogP contribution in [-0.4, -0.2) is 59.9 Å². The Hall–Kier alpha value is -0.900. The highest BCUT2D eigenvalue weighted by Crippen LogP contribution is 2.12. The molecule has 0 saturated heterocycles. The summed E-state index contributed by atoms with van der Waals surface area (Å²) >= 11 is 1.65. The maximum absolute atomic E-state index is 12.2. The quantitative estimate of drug-likeness (QED) is 0.391. The van der Waals surface area contributed by atoms with E-state index in [0.717, 1.165) is 35.5 Å². The van der Waals surface area contributed by atoms with Crippen molar-refractivity contribution in [3.63, 3.8) is 0 Å². The molecular weight excluding hydrogens is 425 g/mol. The smallest absolute Gasteiger partial charge is 0.242 e. The molecule has 0 spiro atoms. The number of guanidine groups is 1. The molecule has 0 aliphatic heterocycles. The minimum Gasteiger partial charge on any atom is -0.357 e. The third-order valence-corrected chi connectivity index (χ3v) is 4.14. The number of aromatic nitrogens is 1. The molecule has 132 valence electrons. The molecule has 6 nitrogen and oxygen atoms in total. The number of nitrogens with zero attached hydrogens (tertiary/aromatic N) is 4. The largest absolute Gasteiger partial charge is 0.357 e. The van der Waals surface area contributed by atoms with Crippen LogP contribution in [0.2, 0.25) is 0 Å². The van der Waals surface area contributed by atoms with Gasteiger partial charge in [-0.2, -0.15) is 0 Å². The van der Waals surface area contributed by atoms with Crippen molar-refractivity contribution >= 4 is 47.2 Å². The van der Waals surface area contributed by atoms with Gasteiger partial charge in [-0.3, -0.25) is 4.79 Å². The fourth-order valence-electron chi connectivity index (χ4n) is 2.05. The zero-order valence-electron chi connectivity index (χ0n) is 14.6. The second-order valence-electron chi connectivity index (χ2n) is 4.94. The number of aryl methyl sites for hydroxylation is 1. The Labute approximate surface area is 160 Å². The first-order valence-corrected chi connectivity index (χ1v) is 8.51. The predicted octanol–water partition coefficient (Wildman–Crippen LogP) is 2.34. The van der Waals surface area contributed by atoms with Crippen molar-refractivity contribution in [2.24, 2.45) is 4.99 Å². The number of thiazole rings is 1. The third-order valence-electron chi connectivity index (χ3n) is 3.24. The van der Waals surface area contributed by atoms with E-state index in [1.54, 1.807) is 11.3 Å². The van der Waals surface area contributed by atoms with E-state index >= 15 is 0 Å². The fraction of sp³-hybridized carbons (Fsp3) is 0.667. The fourth-order valence-corrected chi connectivity index (χ4v) is 2.77. The van der Waals surface area contributed by atoms with E-state index in [9.17, 15) is 4.79 Å². The lowest BCUT2D eigenvalue weighted by molar-refractivity contribution is -0.131. The number of hydrogen-bond donors (Lipinski definition) is 1. The van der Waals surface area contributed by atoms with Gasteiger partial charge in [0.25, 0.3) is 0 Å². The second-order valence-corrected chi connectivity index (χ2v) is 6.26. The molecule has 0 aromatic carbocycles. The maximum atomic E-state index is 12.2. The van der Waals surface area contributed by atoms with Gasteiger partial charge in [0.1, 0.15) is 0 Å². The molecule has 1 heterocycles. The first-order valence-electron chi connectivity index (χ1n) is 7.70. The van der Waals surface area contributed by atoms with Gasteiger partial charge >= 0.3 is 0 Å². The number of halogens is 1. The Balaban J connectivity index is 0.00000484. The number of rotatable bonds is 7. The molecule has 0 atom stereocenters. The van der Waals surface area contributed by atoms with Crippen LogP contribution in [0.25, 0.3) is 0 Å². The van der Waals surface area contributed by atoms with Crippen molar-refractivity contribution < 1.29 is 4.79 Å². The summed E-state index contributed by atoms with van der Waals surface area (Å²) in [6.07, 6.45) is 1.86. The minimum atomic E-state index is 0. The molecule has 0 radical (unpaired) electrons. The van der Waals surface area contributed by atoms with Gasteiger partial charge in [0.2, 0.25) is 5.91 Å². The highest BCUT2D eigenvalue weighted by Gasteiger charge is 2.15. The summed E-state index contributed by atoms with van der Waals surface area (Å²) in [5.41, 5.74) is 0. The summed E-state index contributed by atoms with van der Waals surface area (Å²) in [4.78, 5) is 25.8. The Kier molecular flexibility index (Phi) is 11.2. The van der Waals surface area contributed by atoms with Crippen LogP contribution in [0.15, 0.2) is 11.2 Å². The Morgan fingerprint density at radius 2 is 2.00 bits per heavy atom. The van der Waals surface area contributed by atoms with Crippen LogP contribution >= 0.6 is 35.3 Å². The Bertz CT molecular complexity index is 502. The highest BCUT2D eigenvalue weighted by atomic mass is 127. The molecule has 0 fully saturated rings. The molecule has 0 bridgehead atoms. The van der Waals surface area contributed by atoms with Crippen molar-refractivity contribution in [2.45, 2.75) is 34.2 Å². The second kappa shape index (κ2) is 11.6. The van der Waals surface area contributed by atoms with E-state index in [-0.39, 0.29) is 29.9 Å². The SMILES string of the molecule is CCNC(=NCc1cnc(C)s1)N(C)CC(=O)N(CC)CC.I. The van der Waals surface area contributed by atoms with Gasteiger partial charge in [-0.1, -0.05) is 0 Å². The standard InChI is InChI=1S/C15H27N5OS.HI/c1-6-16-15(18-10-13-9-17-12(4)22-13)19(5)11-14(21)20(7-2)8-3;/h9H,6-8,10-11H2,1-5H3,(H,16,18);1H. The van der Waals surface area contributed by atoms with Gasteiger partial charge in [0.05, 0.1) is 18.1 Å². The van der Waals surface area contributed by atoms with E-state index in [2.05, 4.69) is 15.3 Å². The van der Waals surface area contributed by atoms with Crippen LogP contribution < -0.4 is 5.32 Å². The van der Waals surface area contributed by atoms with E-state index in [1.807, 2.05) is 50.7 Å². The van der Waals surface area contributed by atoms with Gasteiger partial charge in [0.15, 0.2) is 5.96 Å². The lowest BCUT2D eigenvalue weighted by Crippen LogP contribution is -2.45. The summed E-state index contributed by atoms with van der Waals surface area (Å²) in [5.74, 6) is 0.862. The van der Waals surface area contributed by atoms with E-state index < -0.39 is 0 Å². The molecule has 0 aliphatic rings. The van der Waals surface area contributed by atoms with Crippen molar-refractivity contribution in [2.75, 3.05) is 33.2 Å². The molecule has 1 N–H and O–H groups in total. The summed E-state index contributed by atoms with van der Waals surface area (Å²) < 4.78 is 0. The van der Waals surface area contributed by atoms with E-state index in [4.69, 9.17) is 0 Å². The number of hydrogen-bond acceptors (Lipinski definition) is 4. The van der Waals surface area contributed by atoms with Crippen LogP contribution in [0, 0.1) is 6.92 Å². The number of carbonyl (C=O) groups is 1. The minimum absolute atomic E-state index is 0. The lowest BCUT2D eigenvalue weighted by atomic mass is 10.4. The molecule has 8 heteroatoms. The lowest BCUT2D eigenvalue weighted by Gasteiger charge is -2.25. The van der Waals surface area contributed by atoms with Gasteiger partial charge in [-0.15, -0.1) is 35.3 Å². The summed E-state index contributed by atoms with van der Waals surface area (Å²) in [5, 5.41) is 4.27. The summed E-state index contributed by atoms with van der Waals surface area (Å²) in [6.45, 7) is 11.1. The van der Waals surface area contributed by atoms with Crippen molar-refractivity contribution in [1.82, 2.24) is 20.1 Å². The topological polar surface area (TPSA) is 60.8 Å². The molecule has 1 aromatic heterocycles. The number of nitrogens with one attached hydrogen (secondary N) is 1. The molecule has 1 rings (SSSR count). The summed E-state index contributed by atoms with van der Waals surface area (Å²) in [7, 11) is 1.89. The van der Waals surface area contributed by atoms with Crippen LogP contribution in [0.5, 0.6) is 0 Å². The zero-order valence-corrected chi connectivity index (χ0v) is 17.8. The zero-order chi connectivity index (χ0) is 16.5. The normalized spacial score (nSPS) is 10.9. The Morgan fingerprint density at radius 3 is 2.48 bits per heavy atom. The van der Waals surface area contributed by atoms with Crippen molar-refractivity contribution in [1.29, 1.82) is 0 Å². The first-order chi connectivity index (χ1) is 10.5. The van der Waals surface area contributed by atoms with E-state index in [1.165, 1.54) is 0 Å². The van der Waals surface area contributed by atoms with Crippen LogP contribution in [0.4, 0.5) is 0 Å². The number of amides is 1. The number of carbonyl (C=O) groups excluding carboxylic acids is 1. The van der Waals surface area contributed by atoms with Gasteiger partial charge in [0, 0.05) is 37.8 Å². The maximum Gasteiger partial charge on any atom is 0.242 e. The molecule has 0 aliphatic carbocycles. The molecule has 1 amide bonds. The van der Waals surface area contributed by atoms with Crippen molar-refractivity contribution in [3.05, 3.63) is 16.1 Å². The highest BCUT2D eigenvalue weighted by molar-refractivity contribution is 14.0. The van der Waals surface area contributed by atoms with Crippen LogP contribution in [0.1, 0.15) is 30.7 Å². The molecule has 0 unspecified atom stereocenters. The van der Waals surface area contributed by atoms with E-state index in [0.29, 0.717) is 13.1 Å². The summed E-state index contributed by atoms with van der Waals surface area (Å²) in [6, 6.07) is 0. The third kappa shape index (κ3) is 7.47. The predicted molar refractivity (Wildman–Crippen MR) is 108 cm³/mol. The van der Waals surface area contributed by atoms with Crippen LogP contribution in [0.3, 0.4) is 0 Å². The molecule has 0 saturated carbocycles. The van der Waals surface area contributed by atoms with Crippen molar-refractivity contribution in [3.8, 4) is 0 Å². The van der Waals surface area contributed by atoms with Gasteiger partial charge < -0.3 is 15.1 Å².